The van der Waals surface area contributed by atoms with Crippen molar-refractivity contribution >= 4 is 40.6 Å². The Labute approximate surface area is 138 Å². The zero-order valence-corrected chi connectivity index (χ0v) is 13.4. The van der Waals surface area contributed by atoms with E-state index in [4.69, 9.17) is 0 Å². The summed E-state index contributed by atoms with van der Waals surface area (Å²) in [5.41, 5.74) is 4.31. The molecule has 0 aliphatic rings. The fourth-order valence-corrected chi connectivity index (χ4v) is 3.08. The van der Waals surface area contributed by atoms with Gasteiger partial charge in [-0.15, -0.1) is 10.2 Å². The van der Waals surface area contributed by atoms with Crippen LogP contribution in [0.5, 0.6) is 0 Å². The normalized spacial score (nSPS) is 10.1. The Morgan fingerprint density at radius 2 is 2.13 bits per heavy atom. The van der Waals surface area contributed by atoms with Crippen LogP contribution in [0.15, 0.2) is 28.6 Å². The third-order valence-corrected chi connectivity index (χ3v) is 4.44. The molecule has 0 unspecified atom stereocenters. The number of amides is 2. The Morgan fingerprint density at radius 1 is 1.35 bits per heavy atom. The van der Waals surface area contributed by atoms with Crippen LogP contribution in [0.4, 0.5) is 5.69 Å². The molecular weight excluding hydrogens is 342 g/mol. The average molecular weight is 353 g/mol. The third-order valence-electron chi connectivity index (χ3n) is 2.47. The molecule has 2 aromatic rings. The number of hydrogen-bond acceptors (Lipinski definition) is 8. The Balaban J connectivity index is 1.82. The van der Waals surface area contributed by atoms with Gasteiger partial charge in [0, 0.05) is 17.7 Å². The molecule has 2 amide bonds. The lowest BCUT2D eigenvalue weighted by atomic mass is 10.2. The van der Waals surface area contributed by atoms with Gasteiger partial charge in [-0.3, -0.25) is 30.6 Å². The molecule has 0 spiro atoms. The van der Waals surface area contributed by atoms with Crippen molar-refractivity contribution in [2.75, 3.05) is 5.75 Å². The number of carbonyl (C=O) groups excluding carboxylic acids is 2. The summed E-state index contributed by atoms with van der Waals surface area (Å²) in [4.78, 5) is 33.5. The molecule has 1 aromatic heterocycles. The SMILES string of the molecule is Cc1nnc(SCC(=O)NNC(=O)c2cccc([N+](=O)[O-])c2)s1. The number of nitro groups is 1. The van der Waals surface area contributed by atoms with Crippen molar-refractivity contribution in [3.63, 3.8) is 0 Å². The minimum Gasteiger partial charge on any atom is -0.272 e. The van der Waals surface area contributed by atoms with E-state index in [1.807, 2.05) is 0 Å². The van der Waals surface area contributed by atoms with Crippen LogP contribution in [0.25, 0.3) is 0 Å². The van der Waals surface area contributed by atoms with E-state index in [0.717, 1.165) is 11.1 Å². The summed E-state index contributed by atoms with van der Waals surface area (Å²) < 4.78 is 0.655. The number of aromatic nitrogens is 2. The van der Waals surface area contributed by atoms with Crippen LogP contribution in [0, 0.1) is 17.0 Å². The molecule has 0 saturated carbocycles. The summed E-state index contributed by atoms with van der Waals surface area (Å²) >= 11 is 2.56. The van der Waals surface area contributed by atoms with E-state index in [-0.39, 0.29) is 17.0 Å². The topological polar surface area (TPSA) is 127 Å². The maximum atomic E-state index is 11.8. The molecule has 1 heterocycles. The lowest BCUT2D eigenvalue weighted by Crippen LogP contribution is -2.42. The van der Waals surface area contributed by atoms with E-state index in [2.05, 4.69) is 21.0 Å². The second-order valence-corrected chi connectivity index (χ2v) is 6.59. The van der Waals surface area contributed by atoms with Crippen LogP contribution in [0.3, 0.4) is 0 Å². The highest BCUT2D eigenvalue weighted by Gasteiger charge is 2.12. The van der Waals surface area contributed by atoms with Gasteiger partial charge in [-0.05, 0) is 13.0 Å². The number of nitrogens with zero attached hydrogens (tertiary/aromatic N) is 3. The quantitative estimate of drug-likeness (QED) is 0.471. The average Bonchev–Trinajstić information content (AvgIpc) is 2.96. The molecule has 0 aliphatic heterocycles. The number of hydrazine groups is 1. The number of nitrogens with one attached hydrogen (secondary N) is 2. The summed E-state index contributed by atoms with van der Waals surface area (Å²) in [7, 11) is 0. The first-order valence-electron chi connectivity index (χ1n) is 6.22. The molecule has 0 fully saturated rings. The molecule has 2 N–H and O–H groups in total. The Bertz CT molecular complexity index is 749. The number of non-ortho nitro benzene ring substituents is 1. The van der Waals surface area contributed by atoms with Crippen molar-refractivity contribution in [1.82, 2.24) is 21.0 Å². The zero-order valence-electron chi connectivity index (χ0n) is 11.8. The number of carbonyl (C=O) groups is 2. The Hall–Kier alpha value is -2.53. The predicted octanol–water partition coefficient (Wildman–Crippen LogP) is 1.31. The molecule has 1 aromatic carbocycles. The van der Waals surface area contributed by atoms with Crippen molar-refractivity contribution in [3.8, 4) is 0 Å². The molecular formula is C12H11N5O4S2. The Morgan fingerprint density at radius 3 is 2.78 bits per heavy atom. The fraction of sp³-hybridized carbons (Fsp3) is 0.167. The summed E-state index contributed by atoms with van der Waals surface area (Å²) in [5, 5.41) is 19.1. The van der Waals surface area contributed by atoms with E-state index in [9.17, 15) is 19.7 Å². The molecule has 0 aliphatic carbocycles. The molecule has 11 heteroatoms. The number of nitro benzene ring substituents is 1. The highest BCUT2D eigenvalue weighted by atomic mass is 32.2. The number of rotatable bonds is 5. The molecule has 0 atom stereocenters. The van der Waals surface area contributed by atoms with E-state index >= 15 is 0 Å². The van der Waals surface area contributed by atoms with Gasteiger partial charge in [-0.2, -0.15) is 0 Å². The third kappa shape index (κ3) is 5.00. The van der Waals surface area contributed by atoms with Crippen LogP contribution < -0.4 is 10.9 Å². The van der Waals surface area contributed by atoms with Crippen molar-refractivity contribution < 1.29 is 14.5 Å². The Kier molecular flexibility index (Phi) is 5.60. The van der Waals surface area contributed by atoms with Crippen molar-refractivity contribution in [2.45, 2.75) is 11.3 Å². The monoisotopic (exact) mass is 353 g/mol. The highest BCUT2D eigenvalue weighted by molar-refractivity contribution is 8.01. The summed E-state index contributed by atoms with van der Waals surface area (Å²) in [6, 6.07) is 5.20. The fourth-order valence-electron chi connectivity index (χ4n) is 1.46. The van der Waals surface area contributed by atoms with Crippen LogP contribution in [-0.4, -0.2) is 32.7 Å². The van der Waals surface area contributed by atoms with Crippen LogP contribution in [0.1, 0.15) is 15.4 Å². The highest BCUT2D eigenvalue weighted by Crippen LogP contribution is 2.21. The van der Waals surface area contributed by atoms with E-state index in [1.54, 1.807) is 6.92 Å². The number of aryl methyl sites for hydroxylation is 1. The summed E-state index contributed by atoms with van der Waals surface area (Å²) in [5.74, 6) is -1.01. The van der Waals surface area contributed by atoms with Gasteiger partial charge in [-0.1, -0.05) is 29.2 Å². The first-order chi connectivity index (χ1) is 11.0. The van der Waals surface area contributed by atoms with Crippen molar-refractivity contribution in [1.29, 1.82) is 0 Å². The van der Waals surface area contributed by atoms with Gasteiger partial charge in [0.25, 0.3) is 11.6 Å². The molecule has 2 rings (SSSR count). The van der Waals surface area contributed by atoms with Crippen LogP contribution in [-0.2, 0) is 4.79 Å². The van der Waals surface area contributed by atoms with Gasteiger partial charge < -0.3 is 0 Å². The van der Waals surface area contributed by atoms with E-state index in [0.29, 0.717) is 4.34 Å². The first-order valence-corrected chi connectivity index (χ1v) is 8.02. The molecule has 120 valence electrons. The second-order valence-electron chi connectivity index (χ2n) is 4.19. The second kappa shape index (κ2) is 7.65. The first kappa shape index (κ1) is 16.8. The summed E-state index contributed by atoms with van der Waals surface area (Å²) in [6.07, 6.45) is 0. The van der Waals surface area contributed by atoms with Gasteiger partial charge >= 0.3 is 0 Å². The smallest absolute Gasteiger partial charge is 0.270 e. The van der Waals surface area contributed by atoms with Crippen molar-refractivity contribution in [3.05, 3.63) is 45.0 Å². The number of thioether (sulfide) groups is 1. The van der Waals surface area contributed by atoms with Gasteiger partial charge in [0.15, 0.2) is 4.34 Å². The van der Waals surface area contributed by atoms with Crippen LogP contribution in [0.2, 0.25) is 0 Å². The van der Waals surface area contributed by atoms with Gasteiger partial charge in [-0.25, -0.2) is 0 Å². The lowest BCUT2D eigenvalue weighted by Gasteiger charge is -2.06. The molecule has 23 heavy (non-hydrogen) atoms. The number of hydrogen-bond donors (Lipinski definition) is 2. The minimum absolute atomic E-state index is 0.0594. The van der Waals surface area contributed by atoms with E-state index < -0.39 is 16.7 Å². The molecule has 0 saturated heterocycles. The van der Waals surface area contributed by atoms with Gasteiger partial charge in [0.2, 0.25) is 5.91 Å². The van der Waals surface area contributed by atoms with Crippen molar-refractivity contribution in [2.24, 2.45) is 0 Å². The lowest BCUT2D eigenvalue weighted by molar-refractivity contribution is -0.384. The maximum absolute atomic E-state index is 11.8. The minimum atomic E-state index is -0.640. The zero-order chi connectivity index (χ0) is 16.8. The van der Waals surface area contributed by atoms with E-state index in [1.165, 1.54) is 41.3 Å². The van der Waals surface area contributed by atoms with Gasteiger partial charge in [0.05, 0.1) is 10.7 Å². The number of benzene rings is 1. The maximum Gasteiger partial charge on any atom is 0.270 e. The predicted molar refractivity (Wildman–Crippen MR) is 84.1 cm³/mol. The largest absolute Gasteiger partial charge is 0.272 e. The summed E-state index contributed by atoms with van der Waals surface area (Å²) in [6.45, 7) is 1.81. The molecule has 0 radical (unpaired) electrons. The molecule has 9 nitrogen and oxygen atoms in total. The molecule has 0 bridgehead atoms. The standard InChI is InChI=1S/C12H11N5O4S2/c1-7-13-16-12(23-7)22-6-10(18)14-15-11(19)8-3-2-4-9(5-8)17(20)21/h2-5H,6H2,1H3,(H,14,18)(H,15,19). The van der Waals surface area contributed by atoms with Gasteiger partial charge in [0.1, 0.15) is 5.01 Å². The van der Waals surface area contributed by atoms with Crippen LogP contribution >= 0.6 is 23.1 Å².